The summed E-state index contributed by atoms with van der Waals surface area (Å²) in [7, 11) is 0. The molecule has 0 heterocycles. The number of rotatable bonds is 26. The van der Waals surface area contributed by atoms with Crippen molar-refractivity contribution in [1.82, 2.24) is 0 Å². The number of aliphatic carboxylic acids is 3. The predicted octanol–water partition coefficient (Wildman–Crippen LogP) is 6.65. The van der Waals surface area contributed by atoms with Crippen molar-refractivity contribution in [2.75, 3.05) is 26.2 Å². The first kappa shape index (κ1) is 33.1. The summed E-state index contributed by atoms with van der Waals surface area (Å²) in [6.07, 6.45) is 22.7. The van der Waals surface area contributed by atoms with Crippen molar-refractivity contribution < 1.29 is 34.2 Å². The Morgan fingerprint density at radius 1 is 0.514 bits per heavy atom. The number of carbonyl (C=O) groups is 3. The number of carboxylic acid groups (broad SMARTS) is 3. The average Bonchev–Trinajstić information content (AvgIpc) is 2.81. The molecule has 3 N–H and O–H groups in total. The van der Waals surface area contributed by atoms with E-state index in [1.54, 1.807) is 0 Å². The van der Waals surface area contributed by atoms with Crippen LogP contribution in [0.25, 0.3) is 0 Å². The predicted molar refractivity (Wildman–Crippen MR) is 141 cm³/mol. The van der Waals surface area contributed by atoms with Gasteiger partial charge in [0.1, 0.15) is 0 Å². The minimum atomic E-state index is -0.938. The molecule has 0 radical (unpaired) electrons. The fourth-order valence-corrected chi connectivity index (χ4v) is 4.54. The molecule has 0 amide bonds. The zero-order valence-corrected chi connectivity index (χ0v) is 22.2. The SMILES string of the molecule is CCCCCCCCCCC/C=C/CCCCCC[N+](CCC(=O)O)(CCC(=O)O)CCC(=O)O. The number of hydrogen-bond donors (Lipinski definition) is 3. The van der Waals surface area contributed by atoms with Crippen molar-refractivity contribution >= 4 is 17.9 Å². The van der Waals surface area contributed by atoms with Gasteiger partial charge in [0.15, 0.2) is 0 Å². The first-order valence-electron chi connectivity index (χ1n) is 14.0. The smallest absolute Gasteiger partial charge is 0.309 e. The molecule has 0 saturated carbocycles. The van der Waals surface area contributed by atoms with E-state index in [1.807, 2.05) is 0 Å². The van der Waals surface area contributed by atoms with Gasteiger partial charge >= 0.3 is 17.9 Å². The summed E-state index contributed by atoms with van der Waals surface area (Å²) in [6.45, 7) is 3.71. The number of quaternary nitrogens is 1. The highest BCUT2D eigenvalue weighted by Gasteiger charge is 2.29. The molecule has 0 aromatic rings. The van der Waals surface area contributed by atoms with Crippen LogP contribution in [0.4, 0.5) is 0 Å². The van der Waals surface area contributed by atoms with Gasteiger partial charge in [-0.1, -0.05) is 76.9 Å². The molecule has 0 spiro atoms. The van der Waals surface area contributed by atoms with E-state index in [9.17, 15) is 14.4 Å². The highest BCUT2D eigenvalue weighted by Crippen LogP contribution is 2.16. The van der Waals surface area contributed by atoms with E-state index in [4.69, 9.17) is 15.3 Å². The summed E-state index contributed by atoms with van der Waals surface area (Å²) in [4.78, 5) is 33.3. The lowest BCUT2D eigenvalue weighted by molar-refractivity contribution is -0.927. The van der Waals surface area contributed by atoms with Gasteiger partial charge < -0.3 is 19.8 Å². The molecule has 0 atom stereocenters. The molecule has 0 saturated heterocycles. The second-order valence-corrected chi connectivity index (χ2v) is 9.96. The van der Waals surface area contributed by atoms with Crippen LogP contribution in [0, 0.1) is 0 Å². The monoisotopic (exact) mass is 498 g/mol. The number of hydrogen-bond acceptors (Lipinski definition) is 3. The second kappa shape index (κ2) is 22.6. The Hall–Kier alpha value is -1.89. The van der Waals surface area contributed by atoms with Crippen LogP contribution < -0.4 is 0 Å². The van der Waals surface area contributed by atoms with Crippen LogP contribution in [0.2, 0.25) is 0 Å². The van der Waals surface area contributed by atoms with Crippen molar-refractivity contribution in [3.8, 4) is 0 Å². The van der Waals surface area contributed by atoms with Gasteiger partial charge in [-0.2, -0.15) is 0 Å². The van der Waals surface area contributed by atoms with E-state index in [0.29, 0.717) is 6.54 Å². The molecule has 0 fully saturated rings. The molecule has 0 aliphatic heterocycles. The molecule has 0 aromatic heterocycles. The molecule has 0 unspecified atom stereocenters. The minimum Gasteiger partial charge on any atom is -0.481 e. The standard InChI is InChI=1S/C28H51NO6/c1-2-3-4-5-6-7-8-9-10-11-12-13-14-15-16-17-18-22-29(23-19-26(30)31,24-20-27(32)33)25-21-28(34)35/h12-13H,2-11,14-25H2,1H3,(H2-,30,31,32,33,34,35)/p+1/b13-12+. The normalized spacial score (nSPS) is 11.8. The molecule has 35 heavy (non-hydrogen) atoms. The molecular formula is C28H52NO6+. The Bertz CT molecular complexity index is 544. The topological polar surface area (TPSA) is 112 Å². The number of allylic oxidation sites excluding steroid dienone is 2. The van der Waals surface area contributed by atoms with E-state index in [2.05, 4.69) is 19.1 Å². The van der Waals surface area contributed by atoms with Crippen molar-refractivity contribution in [3.05, 3.63) is 12.2 Å². The third-order valence-corrected chi connectivity index (χ3v) is 6.79. The van der Waals surface area contributed by atoms with Gasteiger partial charge in [0.25, 0.3) is 0 Å². The third-order valence-electron chi connectivity index (χ3n) is 6.79. The van der Waals surface area contributed by atoms with Crippen LogP contribution in [0.1, 0.15) is 122 Å². The number of nitrogens with zero attached hydrogens (tertiary/aromatic N) is 1. The van der Waals surface area contributed by atoms with Crippen LogP contribution in [-0.4, -0.2) is 63.9 Å². The fraction of sp³-hybridized carbons (Fsp3) is 0.821. The van der Waals surface area contributed by atoms with Crippen LogP contribution in [0.3, 0.4) is 0 Å². The maximum Gasteiger partial charge on any atom is 0.309 e. The van der Waals surface area contributed by atoms with E-state index in [-0.39, 0.29) is 43.4 Å². The van der Waals surface area contributed by atoms with E-state index < -0.39 is 17.9 Å². The average molecular weight is 499 g/mol. The van der Waals surface area contributed by atoms with Crippen LogP contribution >= 0.6 is 0 Å². The Morgan fingerprint density at radius 3 is 1.23 bits per heavy atom. The largest absolute Gasteiger partial charge is 0.481 e. The molecule has 0 rings (SSSR count). The molecule has 0 aromatic carbocycles. The fourth-order valence-electron chi connectivity index (χ4n) is 4.54. The van der Waals surface area contributed by atoms with Gasteiger partial charge in [-0.05, 0) is 38.5 Å². The summed E-state index contributed by atoms with van der Waals surface area (Å²) in [5.41, 5.74) is 0. The summed E-state index contributed by atoms with van der Waals surface area (Å²) < 4.78 is 0.254. The van der Waals surface area contributed by atoms with Gasteiger partial charge in [-0.15, -0.1) is 0 Å². The lowest BCUT2D eigenvalue weighted by Crippen LogP contribution is -2.52. The number of unbranched alkanes of at least 4 members (excludes halogenated alkanes) is 13. The van der Waals surface area contributed by atoms with E-state index in [0.717, 1.165) is 38.5 Å². The van der Waals surface area contributed by atoms with Crippen molar-refractivity contribution in [2.45, 2.75) is 122 Å². The Kier molecular flexibility index (Phi) is 21.3. The van der Waals surface area contributed by atoms with Gasteiger partial charge in [-0.3, -0.25) is 14.4 Å². The summed E-state index contributed by atoms with van der Waals surface area (Å²) in [5.74, 6) is -2.81. The van der Waals surface area contributed by atoms with Gasteiger partial charge in [0.05, 0.1) is 45.4 Å². The third kappa shape index (κ3) is 22.3. The minimum absolute atomic E-state index is 0.0804. The van der Waals surface area contributed by atoms with Gasteiger partial charge in [0.2, 0.25) is 0 Å². The summed E-state index contributed by atoms with van der Waals surface area (Å²) in [6, 6.07) is 0. The van der Waals surface area contributed by atoms with Crippen LogP contribution in [-0.2, 0) is 14.4 Å². The first-order valence-corrected chi connectivity index (χ1v) is 14.0. The number of carboxylic acids is 3. The maximum atomic E-state index is 11.1. The van der Waals surface area contributed by atoms with E-state index >= 15 is 0 Å². The molecule has 204 valence electrons. The quantitative estimate of drug-likeness (QED) is 0.0699. The van der Waals surface area contributed by atoms with Gasteiger partial charge in [-0.25, -0.2) is 0 Å². The summed E-state index contributed by atoms with van der Waals surface area (Å²) in [5, 5.41) is 27.3. The molecule has 7 heteroatoms. The highest BCUT2D eigenvalue weighted by molar-refractivity contribution is 5.67. The molecule has 0 aliphatic rings. The van der Waals surface area contributed by atoms with Crippen molar-refractivity contribution in [3.63, 3.8) is 0 Å². The lowest BCUT2D eigenvalue weighted by atomic mass is 10.1. The lowest BCUT2D eigenvalue weighted by Gasteiger charge is -2.38. The van der Waals surface area contributed by atoms with Crippen molar-refractivity contribution in [2.24, 2.45) is 0 Å². The molecule has 7 nitrogen and oxygen atoms in total. The Balaban J connectivity index is 4.09. The molecule has 0 aliphatic carbocycles. The Labute approximate surface area is 213 Å². The summed E-state index contributed by atoms with van der Waals surface area (Å²) >= 11 is 0. The highest BCUT2D eigenvalue weighted by atomic mass is 16.4. The second-order valence-electron chi connectivity index (χ2n) is 9.96. The maximum absolute atomic E-state index is 11.1. The van der Waals surface area contributed by atoms with Crippen LogP contribution in [0.15, 0.2) is 12.2 Å². The van der Waals surface area contributed by atoms with Gasteiger partial charge in [0, 0.05) is 0 Å². The first-order chi connectivity index (χ1) is 16.8. The zero-order chi connectivity index (χ0) is 26.2. The Morgan fingerprint density at radius 2 is 0.857 bits per heavy atom. The molecular weight excluding hydrogens is 446 g/mol. The van der Waals surface area contributed by atoms with Crippen molar-refractivity contribution in [1.29, 1.82) is 0 Å². The van der Waals surface area contributed by atoms with E-state index in [1.165, 1.54) is 57.8 Å². The zero-order valence-electron chi connectivity index (χ0n) is 22.2. The van der Waals surface area contributed by atoms with Crippen LogP contribution in [0.5, 0.6) is 0 Å². The molecule has 0 bridgehead atoms.